The van der Waals surface area contributed by atoms with Crippen LogP contribution >= 0.6 is 0 Å². The van der Waals surface area contributed by atoms with Gasteiger partial charge in [-0.15, -0.1) is 0 Å². The summed E-state index contributed by atoms with van der Waals surface area (Å²) in [6.45, 7) is 5.76. The number of benzene rings is 2. The Bertz CT molecular complexity index is 1080. The molecule has 0 bridgehead atoms. The molecule has 0 heterocycles. The summed E-state index contributed by atoms with van der Waals surface area (Å²) in [4.78, 5) is 48.4. The smallest absolute Gasteiger partial charge is 0.339 e. The van der Waals surface area contributed by atoms with Gasteiger partial charge in [-0.1, -0.05) is 51.5 Å². The third-order valence-corrected chi connectivity index (χ3v) is 6.30. The highest BCUT2D eigenvalue weighted by Gasteiger charge is 2.34. The first-order valence-electron chi connectivity index (χ1n) is 11.4. The minimum Gasteiger partial charge on any atom is -0.458 e. The van der Waals surface area contributed by atoms with Crippen molar-refractivity contribution in [2.24, 2.45) is 17.8 Å². The zero-order valence-electron chi connectivity index (χ0n) is 19.6. The predicted molar refractivity (Wildman–Crippen MR) is 125 cm³/mol. The molecule has 0 saturated heterocycles. The number of ketones is 1. The van der Waals surface area contributed by atoms with Crippen LogP contribution < -0.4 is 0 Å². The lowest BCUT2D eigenvalue weighted by atomic mass is 9.75. The Labute approximate surface area is 198 Å². The monoisotopic (exact) mass is 467 g/mol. The van der Waals surface area contributed by atoms with Gasteiger partial charge in [0.05, 0.1) is 16.1 Å². The van der Waals surface area contributed by atoms with Gasteiger partial charge in [-0.25, -0.2) is 9.59 Å². The van der Waals surface area contributed by atoms with Crippen LogP contribution in [0.5, 0.6) is 0 Å². The van der Waals surface area contributed by atoms with Gasteiger partial charge in [0.2, 0.25) is 5.78 Å². The Hall–Kier alpha value is -3.55. The molecule has 1 fully saturated rings. The summed E-state index contributed by atoms with van der Waals surface area (Å²) in [5, 5.41) is 10.9. The van der Waals surface area contributed by atoms with Crippen LogP contribution in [0.1, 0.15) is 71.1 Å². The van der Waals surface area contributed by atoms with Gasteiger partial charge in [-0.05, 0) is 42.7 Å². The second kappa shape index (κ2) is 11.0. The number of Topliss-reactive ketones (excluding diaryl/α,β-unsaturated/α-hetero) is 1. The fourth-order valence-corrected chi connectivity index (χ4v) is 4.38. The van der Waals surface area contributed by atoms with Gasteiger partial charge < -0.3 is 9.47 Å². The van der Waals surface area contributed by atoms with Gasteiger partial charge >= 0.3 is 11.9 Å². The van der Waals surface area contributed by atoms with Crippen molar-refractivity contribution in [3.05, 3.63) is 75.3 Å². The van der Waals surface area contributed by atoms with E-state index in [1.165, 1.54) is 30.3 Å². The number of non-ortho nitro benzene ring substituents is 1. The maximum Gasteiger partial charge on any atom is 0.339 e. The number of carbonyl (C=O) groups is 3. The average Bonchev–Trinajstić information content (AvgIpc) is 2.82. The summed E-state index contributed by atoms with van der Waals surface area (Å²) in [6.07, 6.45) is 2.63. The molecule has 0 spiro atoms. The van der Waals surface area contributed by atoms with E-state index in [9.17, 15) is 24.5 Å². The Balaban J connectivity index is 1.70. The van der Waals surface area contributed by atoms with Crippen molar-refractivity contribution in [3.8, 4) is 0 Å². The van der Waals surface area contributed by atoms with Crippen molar-refractivity contribution in [3.63, 3.8) is 0 Å². The first kappa shape index (κ1) is 25.1. The first-order valence-corrected chi connectivity index (χ1v) is 11.4. The fraction of sp³-hybridized carbons (Fsp3) is 0.423. The van der Waals surface area contributed by atoms with Gasteiger partial charge in [0.25, 0.3) is 5.69 Å². The number of nitro groups is 1. The molecule has 3 atom stereocenters. The zero-order valence-corrected chi connectivity index (χ0v) is 19.6. The molecule has 1 aliphatic carbocycles. The normalized spacial score (nSPS) is 19.9. The molecule has 0 unspecified atom stereocenters. The highest BCUT2D eigenvalue weighted by Crippen LogP contribution is 2.35. The zero-order chi connectivity index (χ0) is 24.8. The summed E-state index contributed by atoms with van der Waals surface area (Å²) >= 11 is 0. The Morgan fingerprint density at radius 2 is 1.71 bits per heavy atom. The van der Waals surface area contributed by atoms with Crippen LogP contribution in [-0.4, -0.2) is 35.4 Å². The van der Waals surface area contributed by atoms with E-state index in [4.69, 9.17) is 9.47 Å². The molecule has 0 radical (unpaired) electrons. The van der Waals surface area contributed by atoms with E-state index in [1.807, 2.05) is 0 Å². The van der Waals surface area contributed by atoms with Crippen LogP contribution in [0.15, 0.2) is 48.5 Å². The lowest BCUT2D eigenvalue weighted by Gasteiger charge is -2.36. The third kappa shape index (κ3) is 6.07. The van der Waals surface area contributed by atoms with E-state index >= 15 is 0 Å². The second-order valence-electron chi connectivity index (χ2n) is 9.12. The number of rotatable bonds is 8. The number of carbonyl (C=O) groups excluding carboxylic acids is 3. The van der Waals surface area contributed by atoms with Gasteiger partial charge in [-0.3, -0.25) is 14.9 Å². The molecule has 1 aliphatic rings. The summed E-state index contributed by atoms with van der Waals surface area (Å²) < 4.78 is 11.0. The molecule has 34 heavy (non-hydrogen) atoms. The molecule has 8 nitrogen and oxygen atoms in total. The maximum atomic E-state index is 13.0. The van der Waals surface area contributed by atoms with Crippen molar-refractivity contribution in [2.45, 2.75) is 46.1 Å². The second-order valence-corrected chi connectivity index (χ2v) is 9.12. The number of hydrogen-bond donors (Lipinski definition) is 0. The highest BCUT2D eigenvalue weighted by molar-refractivity contribution is 6.04. The molecule has 8 heteroatoms. The van der Waals surface area contributed by atoms with E-state index < -0.39 is 29.3 Å². The minimum atomic E-state index is -0.844. The van der Waals surface area contributed by atoms with Crippen molar-refractivity contribution in [2.75, 3.05) is 6.61 Å². The first-order chi connectivity index (χ1) is 16.2. The Morgan fingerprint density at radius 1 is 1.03 bits per heavy atom. The molecule has 180 valence electrons. The SMILES string of the molecule is CC(C)[C@H]1CC[C@@H](C)C[C@@H]1OC(=O)c1ccccc1C(=O)OCC(=O)c1cccc([N+](=O)[O-])c1. The number of nitro benzene ring substituents is 1. The van der Waals surface area contributed by atoms with Crippen molar-refractivity contribution >= 4 is 23.4 Å². The van der Waals surface area contributed by atoms with Crippen LogP contribution in [0.4, 0.5) is 5.69 Å². The molecule has 0 aromatic heterocycles. The molecular weight excluding hydrogens is 438 g/mol. The van der Waals surface area contributed by atoms with Crippen LogP contribution in [0, 0.1) is 27.9 Å². The molecule has 0 N–H and O–H groups in total. The average molecular weight is 468 g/mol. The lowest BCUT2D eigenvalue weighted by molar-refractivity contribution is -0.384. The van der Waals surface area contributed by atoms with E-state index in [1.54, 1.807) is 12.1 Å². The standard InChI is InChI=1S/C26H29NO7/c1-16(2)20-12-11-17(3)13-24(20)34-26(30)22-10-5-4-9-21(22)25(29)33-15-23(28)18-7-6-8-19(14-18)27(31)32/h4-10,14,16-17,20,24H,11-13,15H2,1-3H3/t17-,20-,24+/m1/s1. The maximum absolute atomic E-state index is 13.0. The molecule has 2 aromatic carbocycles. The van der Waals surface area contributed by atoms with Crippen LogP contribution in [0.3, 0.4) is 0 Å². The Kier molecular flexibility index (Phi) is 8.15. The molecule has 1 saturated carbocycles. The number of hydrogen-bond acceptors (Lipinski definition) is 7. The molecule has 0 amide bonds. The van der Waals surface area contributed by atoms with Crippen LogP contribution in [0.2, 0.25) is 0 Å². The number of nitrogens with zero attached hydrogens (tertiary/aromatic N) is 1. The third-order valence-electron chi connectivity index (χ3n) is 6.30. The number of ether oxygens (including phenoxy) is 2. The molecule has 3 rings (SSSR count). The van der Waals surface area contributed by atoms with E-state index in [0.29, 0.717) is 11.8 Å². The van der Waals surface area contributed by atoms with Gasteiger partial charge in [0, 0.05) is 17.7 Å². The topological polar surface area (TPSA) is 113 Å². The van der Waals surface area contributed by atoms with Crippen molar-refractivity contribution in [1.82, 2.24) is 0 Å². The summed E-state index contributed by atoms with van der Waals surface area (Å²) in [7, 11) is 0. The Morgan fingerprint density at radius 3 is 2.35 bits per heavy atom. The van der Waals surface area contributed by atoms with Crippen LogP contribution in [0.25, 0.3) is 0 Å². The largest absolute Gasteiger partial charge is 0.458 e. The van der Waals surface area contributed by atoms with E-state index in [2.05, 4.69) is 20.8 Å². The molecule has 2 aromatic rings. The highest BCUT2D eigenvalue weighted by atomic mass is 16.6. The van der Waals surface area contributed by atoms with Crippen LogP contribution in [-0.2, 0) is 9.47 Å². The van der Waals surface area contributed by atoms with Gasteiger partial charge in [0.1, 0.15) is 6.10 Å². The summed E-state index contributed by atoms with van der Waals surface area (Å²) in [6, 6.07) is 11.3. The number of esters is 2. The van der Waals surface area contributed by atoms with Gasteiger partial charge in [-0.2, -0.15) is 0 Å². The van der Waals surface area contributed by atoms with Crippen molar-refractivity contribution < 1.29 is 28.8 Å². The summed E-state index contributed by atoms with van der Waals surface area (Å²) in [5.74, 6) is -0.955. The fourth-order valence-electron chi connectivity index (χ4n) is 4.38. The van der Waals surface area contributed by atoms with Crippen molar-refractivity contribution in [1.29, 1.82) is 0 Å². The predicted octanol–water partition coefficient (Wildman–Crippen LogP) is 5.25. The van der Waals surface area contributed by atoms with E-state index in [-0.39, 0.29) is 34.4 Å². The minimum absolute atomic E-state index is 0.00398. The lowest BCUT2D eigenvalue weighted by Crippen LogP contribution is -2.36. The van der Waals surface area contributed by atoms with Gasteiger partial charge in [0.15, 0.2) is 6.61 Å². The molecular formula is C26H29NO7. The van der Waals surface area contributed by atoms with E-state index in [0.717, 1.165) is 25.3 Å². The summed E-state index contributed by atoms with van der Waals surface area (Å²) in [5.41, 5.74) is -0.0943. The molecule has 0 aliphatic heterocycles. The quantitative estimate of drug-likeness (QED) is 0.225.